The molecular weight excluding hydrogens is 268 g/mol. The summed E-state index contributed by atoms with van der Waals surface area (Å²) in [5.74, 6) is 0. The van der Waals surface area contributed by atoms with Gasteiger partial charge in [-0.1, -0.05) is 12.1 Å². The van der Waals surface area contributed by atoms with Gasteiger partial charge in [0.25, 0.3) is 6.01 Å². The van der Waals surface area contributed by atoms with Gasteiger partial charge in [0.15, 0.2) is 5.58 Å². The first-order valence-electron chi connectivity index (χ1n) is 7.08. The summed E-state index contributed by atoms with van der Waals surface area (Å²) in [6, 6.07) is 10.4. The molecule has 1 saturated heterocycles. The van der Waals surface area contributed by atoms with Gasteiger partial charge < -0.3 is 14.1 Å². The minimum absolute atomic E-state index is 0.0914. The number of para-hydroxylation sites is 2. The van der Waals surface area contributed by atoms with E-state index in [1.807, 2.05) is 41.2 Å². The molecule has 3 heterocycles. The maximum Gasteiger partial charge on any atom is 0.298 e. The van der Waals surface area contributed by atoms with Gasteiger partial charge in [-0.3, -0.25) is 4.68 Å². The van der Waals surface area contributed by atoms with Crippen LogP contribution in [0.4, 0.5) is 6.01 Å². The molecule has 1 atom stereocenters. The van der Waals surface area contributed by atoms with Crippen molar-refractivity contribution in [3.8, 4) is 0 Å². The zero-order chi connectivity index (χ0) is 14.1. The average molecular weight is 284 g/mol. The molecule has 1 aliphatic rings. The number of hydrogen-bond donors (Lipinski definition) is 0. The molecule has 0 spiro atoms. The van der Waals surface area contributed by atoms with Crippen LogP contribution in [0.25, 0.3) is 11.1 Å². The van der Waals surface area contributed by atoms with Gasteiger partial charge in [0.2, 0.25) is 0 Å². The fraction of sp³-hybridized carbons (Fsp3) is 0.333. The molecule has 1 aliphatic heterocycles. The van der Waals surface area contributed by atoms with Crippen molar-refractivity contribution in [2.75, 3.05) is 24.6 Å². The second-order valence-electron chi connectivity index (χ2n) is 5.13. The van der Waals surface area contributed by atoms with Gasteiger partial charge in [-0.15, -0.1) is 0 Å². The van der Waals surface area contributed by atoms with Crippen molar-refractivity contribution in [1.82, 2.24) is 14.8 Å². The van der Waals surface area contributed by atoms with Gasteiger partial charge in [-0.2, -0.15) is 10.1 Å². The molecule has 0 N–H and O–H groups in total. The molecule has 4 rings (SSSR count). The molecule has 3 aromatic rings. The first-order valence-corrected chi connectivity index (χ1v) is 7.08. The predicted molar refractivity (Wildman–Crippen MR) is 78.2 cm³/mol. The van der Waals surface area contributed by atoms with E-state index in [-0.39, 0.29) is 6.10 Å². The quantitative estimate of drug-likeness (QED) is 0.735. The lowest BCUT2D eigenvalue weighted by Crippen LogP contribution is -2.44. The Labute approximate surface area is 121 Å². The number of rotatable bonds is 3. The Morgan fingerprint density at radius 3 is 3.05 bits per heavy atom. The van der Waals surface area contributed by atoms with Crippen LogP contribution in [0.3, 0.4) is 0 Å². The van der Waals surface area contributed by atoms with Crippen molar-refractivity contribution >= 4 is 17.1 Å². The molecule has 6 nitrogen and oxygen atoms in total. The van der Waals surface area contributed by atoms with E-state index in [9.17, 15) is 0 Å². The van der Waals surface area contributed by atoms with Gasteiger partial charge in [-0.05, 0) is 18.2 Å². The smallest absolute Gasteiger partial charge is 0.298 e. The SMILES string of the molecule is c1ccc2oc(N3CCO[C@@H](Cn4cccn4)C3)nc2c1. The number of benzene rings is 1. The summed E-state index contributed by atoms with van der Waals surface area (Å²) in [5.41, 5.74) is 1.71. The topological polar surface area (TPSA) is 56.3 Å². The van der Waals surface area contributed by atoms with Crippen LogP contribution in [0.15, 0.2) is 47.1 Å². The molecule has 0 radical (unpaired) electrons. The number of morpholine rings is 1. The summed E-state index contributed by atoms with van der Waals surface area (Å²) >= 11 is 0. The van der Waals surface area contributed by atoms with E-state index < -0.39 is 0 Å². The van der Waals surface area contributed by atoms with Crippen LogP contribution in [0.5, 0.6) is 0 Å². The molecule has 1 aromatic carbocycles. The van der Waals surface area contributed by atoms with Gasteiger partial charge in [0.1, 0.15) is 5.52 Å². The molecule has 2 aromatic heterocycles. The summed E-state index contributed by atoms with van der Waals surface area (Å²) in [6.45, 7) is 2.96. The molecule has 0 aliphatic carbocycles. The maximum absolute atomic E-state index is 5.83. The second kappa shape index (κ2) is 5.21. The molecule has 0 saturated carbocycles. The number of ether oxygens (including phenoxy) is 1. The third kappa shape index (κ3) is 2.50. The Bertz CT molecular complexity index is 689. The first kappa shape index (κ1) is 12.4. The third-order valence-corrected chi connectivity index (χ3v) is 3.64. The Kier molecular flexibility index (Phi) is 3.08. The predicted octanol–water partition coefficient (Wildman–Crippen LogP) is 1.93. The Morgan fingerprint density at radius 2 is 2.19 bits per heavy atom. The minimum Gasteiger partial charge on any atom is -0.423 e. The zero-order valence-corrected chi connectivity index (χ0v) is 11.6. The number of aromatic nitrogens is 3. The van der Waals surface area contributed by atoms with Crippen LogP contribution in [0.2, 0.25) is 0 Å². The van der Waals surface area contributed by atoms with Crippen molar-refractivity contribution in [3.63, 3.8) is 0 Å². The number of anilines is 1. The van der Waals surface area contributed by atoms with Crippen molar-refractivity contribution in [1.29, 1.82) is 0 Å². The van der Waals surface area contributed by atoms with Crippen molar-refractivity contribution in [3.05, 3.63) is 42.7 Å². The van der Waals surface area contributed by atoms with E-state index in [0.29, 0.717) is 12.6 Å². The molecule has 0 unspecified atom stereocenters. The standard InChI is InChI=1S/C15H16N4O2/c1-2-5-14-13(4-1)17-15(21-14)18-8-9-20-12(10-18)11-19-7-3-6-16-19/h1-7,12H,8-11H2/t12-/m1/s1. The summed E-state index contributed by atoms with van der Waals surface area (Å²) in [6.07, 6.45) is 3.82. The van der Waals surface area contributed by atoms with E-state index in [2.05, 4.69) is 15.0 Å². The van der Waals surface area contributed by atoms with Crippen LogP contribution < -0.4 is 4.90 Å². The second-order valence-corrected chi connectivity index (χ2v) is 5.13. The maximum atomic E-state index is 5.83. The molecule has 0 bridgehead atoms. The van der Waals surface area contributed by atoms with Crippen LogP contribution in [-0.4, -0.2) is 40.6 Å². The average Bonchev–Trinajstić information content (AvgIpc) is 3.16. The number of nitrogens with zero attached hydrogens (tertiary/aromatic N) is 4. The molecule has 1 fully saturated rings. The molecule has 0 amide bonds. The molecule has 21 heavy (non-hydrogen) atoms. The van der Waals surface area contributed by atoms with Gasteiger partial charge in [0, 0.05) is 18.9 Å². The van der Waals surface area contributed by atoms with Crippen LogP contribution >= 0.6 is 0 Å². The summed E-state index contributed by atoms with van der Waals surface area (Å²) in [4.78, 5) is 6.69. The zero-order valence-electron chi connectivity index (χ0n) is 11.6. The van der Waals surface area contributed by atoms with Crippen molar-refractivity contribution in [2.45, 2.75) is 12.6 Å². The molecule has 6 heteroatoms. The lowest BCUT2D eigenvalue weighted by atomic mass is 10.3. The van der Waals surface area contributed by atoms with E-state index in [1.165, 1.54) is 0 Å². The Hall–Kier alpha value is -2.34. The van der Waals surface area contributed by atoms with E-state index in [0.717, 1.165) is 30.7 Å². The largest absolute Gasteiger partial charge is 0.423 e. The van der Waals surface area contributed by atoms with E-state index in [1.54, 1.807) is 6.20 Å². The summed E-state index contributed by atoms with van der Waals surface area (Å²) in [5, 5.41) is 4.22. The first-order chi connectivity index (χ1) is 10.4. The highest BCUT2D eigenvalue weighted by molar-refractivity contribution is 5.74. The summed E-state index contributed by atoms with van der Waals surface area (Å²) < 4.78 is 13.5. The summed E-state index contributed by atoms with van der Waals surface area (Å²) in [7, 11) is 0. The highest BCUT2D eigenvalue weighted by Crippen LogP contribution is 2.23. The number of hydrogen-bond acceptors (Lipinski definition) is 5. The Balaban J connectivity index is 1.52. The normalized spacial score (nSPS) is 19.2. The van der Waals surface area contributed by atoms with Crippen LogP contribution in [0.1, 0.15) is 0 Å². The number of fused-ring (bicyclic) bond motifs is 1. The lowest BCUT2D eigenvalue weighted by molar-refractivity contribution is 0.0259. The van der Waals surface area contributed by atoms with Gasteiger partial charge >= 0.3 is 0 Å². The van der Waals surface area contributed by atoms with E-state index in [4.69, 9.17) is 9.15 Å². The fourth-order valence-electron chi connectivity index (χ4n) is 2.62. The minimum atomic E-state index is 0.0914. The van der Waals surface area contributed by atoms with Crippen molar-refractivity contribution in [2.24, 2.45) is 0 Å². The molecular formula is C15H16N4O2. The highest BCUT2D eigenvalue weighted by Gasteiger charge is 2.24. The van der Waals surface area contributed by atoms with Gasteiger partial charge in [-0.25, -0.2) is 0 Å². The molecule has 108 valence electrons. The van der Waals surface area contributed by atoms with Crippen molar-refractivity contribution < 1.29 is 9.15 Å². The highest BCUT2D eigenvalue weighted by atomic mass is 16.5. The number of oxazole rings is 1. The fourth-order valence-corrected chi connectivity index (χ4v) is 2.62. The van der Waals surface area contributed by atoms with E-state index >= 15 is 0 Å². The van der Waals surface area contributed by atoms with Gasteiger partial charge in [0.05, 0.1) is 25.8 Å². The monoisotopic (exact) mass is 284 g/mol. The van der Waals surface area contributed by atoms with Crippen LogP contribution in [0, 0.1) is 0 Å². The lowest BCUT2D eigenvalue weighted by Gasteiger charge is -2.31. The Morgan fingerprint density at radius 1 is 1.24 bits per heavy atom. The third-order valence-electron chi connectivity index (χ3n) is 3.64. The van der Waals surface area contributed by atoms with Crippen LogP contribution in [-0.2, 0) is 11.3 Å².